The summed E-state index contributed by atoms with van der Waals surface area (Å²) in [6.07, 6.45) is -2.98. The van der Waals surface area contributed by atoms with E-state index in [-0.39, 0.29) is 17.1 Å². The number of nitrogens with zero attached hydrogens (tertiary/aromatic N) is 3. The number of ether oxygens (including phenoxy) is 1. The second-order valence-electron chi connectivity index (χ2n) is 7.12. The van der Waals surface area contributed by atoms with Crippen LogP contribution in [0.2, 0.25) is 0 Å². The Kier molecular flexibility index (Phi) is 4.40. The van der Waals surface area contributed by atoms with E-state index in [0.29, 0.717) is 5.75 Å². The number of rotatable bonds is 6. The van der Waals surface area contributed by atoms with Gasteiger partial charge in [-0.3, -0.25) is 23.3 Å². The molecule has 1 aliphatic heterocycles. The van der Waals surface area contributed by atoms with Crippen molar-refractivity contribution in [1.29, 1.82) is 0 Å². The third kappa shape index (κ3) is 2.76. The van der Waals surface area contributed by atoms with Gasteiger partial charge in [0.25, 0.3) is 5.56 Å². The molecule has 2 aromatic heterocycles. The maximum Gasteiger partial charge on any atom is 0.368 e. The standard InChI is InChI=1S/C17H17FN5O6P/c18-6-17-10(24)15(23-7-20-9-13(23)21-16(19)22-14(9)25)27-11(17)12(17)29-30(26)28-8-4-2-1-3-5-8/h1-5,7,10-12,15,24,30H,6H2,(H3,19,21,22,25)/t10-,11+,12?,15+,17+/m0/s1. The fourth-order valence-electron chi connectivity index (χ4n) is 3.88. The Morgan fingerprint density at radius 3 is 2.87 bits per heavy atom. The maximum atomic E-state index is 14.0. The van der Waals surface area contributed by atoms with Crippen LogP contribution in [0.25, 0.3) is 11.2 Å². The molecule has 2 unspecified atom stereocenters. The van der Waals surface area contributed by atoms with Gasteiger partial charge in [0.1, 0.15) is 30.7 Å². The third-order valence-electron chi connectivity index (χ3n) is 5.46. The number of nitrogen functional groups attached to an aromatic ring is 1. The first kappa shape index (κ1) is 19.2. The van der Waals surface area contributed by atoms with E-state index in [9.17, 15) is 18.9 Å². The number of para-hydroxylation sites is 1. The van der Waals surface area contributed by atoms with Crippen molar-refractivity contribution in [3.63, 3.8) is 0 Å². The Labute approximate surface area is 168 Å². The van der Waals surface area contributed by atoms with Crippen molar-refractivity contribution in [1.82, 2.24) is 19.5 Å². The number of alkyl halides is 1. The number of aromatic nitrogens is 4. The molecule has 3 heterocycles. The van der Waals surface area contributed by atoms with Gasteiger partial charge < -0.3 is 20.1 Å². The summed E-state index contributed by atoms with van der Waals surface area (Å²) < 4.78 is 43.9. The zero-order chi connectivity index (χ0) is 21.0. The maximum absolute atomic E-state index is 14.0. The summed E-state index contributed by atoms with van der Waals surface area (Å²) in [5.74, 6) is 0.213. The van der Waals surface area contributed by atoms with Crippen molar-refractivity contribution in [2.24, 2.45) is 5.41 Å². The second-order valence-corrected chi connectivity index (χ2v) is 8.06. The molecule has 0 bridgehead atoms. The number of imidazole rings is 1. The van der Waals surface area contributed by atoms with Crippen molar-refractivity contribution in [3.8, 4) is 5.75 Å². The number of nitrogens with two attached hydrogens (primary N) is 1. The first-order chi connectivity index (χ1) is 14.5. The number of benzene rings is 1. The molecule has 2 fully saturated rings. The average Bonchev–Trinajstić information content (AvgIpc) is 2.97. The van der Waals surface area contributed by atoms with Crippen LogP contribution in [-0.2, 0) is 13.8 Å². The van der Waals surface area contributed by atoms with E-state index in [4.69, 9.17) is 19.5 Å². The van der Waals surface area contributed by atoms with Crippen molar-refractivity contribution >= 4 is 25.4 Å². The van der Waals surface area contributed by atoms with E-state index < -0.39 is 50.4 Å². The Hall–Kier alpha value is -2.79. The number of nitrogens with one attached hydrogen (secondary N) is 1. The monoisotopic (exact) mass is 437 g/mol. The number of H-pyrrole nitrogens is 1. The molecule has 0 radical (unpaired) electrons. The normalized spacial score (nSPS) is 30.9. The number of aromatic amines is 1. The third-order valence-corrected chi connectivity index (χ3v) is 6.30. The van der Waals surface area contributed by atoms with Crippen LogP contribution in [0.15, 0.2) is 41.5 Å². The summed E-state index contributed by atoms with van der Waals surface area (Å²) in [4.78, 5) is 22.2. The predicted octanol–water partition coefficient (Wildman–Crippen LogP) is 0.783. The molecule has 1 saturated heterocycles. The number of aliphatic hydroxyl groups excluding tert-OH is 1. The molecule has 1 aliphatic carbocycles. The Morgan fingerprint density at radius 2 is 2.17 bits per heavy atom. The van der Waals surface area contributed by atoms with Gasteiger partial charge in [0, 0.05) is 0 Å². The highest BCUT2D eigenvalue weighted by molar-refractivity contribution is 7.33. The molecule has 6 atom stereocenters. The molecule has 5 rings (SSSR count). The van der Waals surface area contributed by atoms with Crippen LogP contribution in [0.3, 0.4) is 0 Å². The highest BCUT2D eigenvalue weighted by Crippen LogP contribution is 2.64. The van der Waals surface area contributed by atoms with E-state index in [0.717, 1.165) is 0 Å². The lowest BCUT2D eigenvalue weighted by Crippen LogP contribution is -2.34. The fourth-order valence-corrected chi connectivity index (χ4v) is 4.80. The molecule has 0 spiro atoms. The van der Waals surface area contributed by atoms with Gasteiger partial charge in [-0.1, -0.05) is 18.2 Å². The number of fused-ring (bicyclic) bond motifs is 2. The zero-order valence-electron chi connectivity index (χ0n) is 15.3. The Bertz CT molecular complexity index is 1190. The molecular formula is C17H17FN5O6P. The van der Waals surface area contributed by atoms with E-state index >= 15 is 0 Å². The van der Waals surface area contributed by atoms with Crippen molar-refractivity contribution in [2.75, 3.05) is 12.4 Å². The van der Waals surface area contributed by atoms with Crippen LogP contribution < -0.4 is 15.8 Å². The molecule has 1 aromatic carbocycles. The highest BCUT2D eigenvalue weighted by Gasteiger charge is 2.78. The van der Waals surface area contributed by atoms with Gasteiger partial charge >= 0.3 is 8.25 Å². The molecule has 11 nitrogen and oxygen atoms in total. The van der Waals surface area contributed by atoms with Gasteiger partial charge in [0.15, 0.2) is 17.4 Å². The van der Waals surface area contributed by atoms with Gasteiger partial charge in [0.2, 0.25) is 5.95 Å². The summed E-state index contributed by atoms with van der Waals surface area (Å²) in [7, 11) is -3.01. The lowest BCUT2D eigenvalue weighted by atomic mass is 10.0. The number of hydrogen-bond donors (Lipinski definition) is 3. The summed E-state index contributed by atoms with van der Waals surface area (Å²) in [5, 5.41) is 10.8. The second kappa shape index (κ2) is 6.88. The van der Waals surface area contributed by atoms with Crippen LogP contribution >= 0.6 is 8.25 Å². The van der Waals surface area contributed by atoms with Crippen LogP contribution in [0.1, 0.15) is 6.23 Å². The Balaban J connectivity index is 1.36. The lowest BCUT2D eigenvalue weighted by Gasteiger charge is -2.24. The van der Waals surface area contributed by atoms with Gasteiger partial charge in [-0.05, 0) is 12.1 Å². The minimum absolute atomic E-state index is 0.00369. The van der Waals surface area contributed by atoms with Crippen LogP contribution in [0, 0.1) is 5.41 Å². The number of halogens is 1. The van der Waals surface area contributed by atoms with E-state index in [1.807, 2.05) is 0 Å². The number of anilines is 1. The summed E-state index contributed by atoms with van der Waals surface area (Å²) in [6.45, 7) is -0.969. The van der Waals surface area contributed by atoms with Crippen LogP contribution in [-0.4, -0.2) is 49.6 Å². The zero-order valence-corrected chi connectivity index (χ0v) is 16.3. The summed E-state index contributed by atoms with van der Waals surface area (Å²) >= 11 is 0. The molecule has 4 N–H and O–H groups in total. The summed E-state index contributed by atoms with van der Waals surface area (Å²) in [5.41, 5.74) is 3.72. The lowest BCUT2D eigenvalue weighted by molar-refractivity contribution is -0.0744. The Morgan fingerprint density at radius 1 is 1.40 bits per heavy atom. The van der Waals surface area contributed by atoms with E-state index in [2.05, 4.69) is 15.0 Å². The first-order valence-electron chi connectivity index (χ1n) is 9.01. The highest BCUT2D eigenvalue weighted by atomic mass is 31.1. The quantitative estimate of drug-likeness (QED) is 0.475. The average molecular weight is 437 g/mol. The van der Waals surface area contributed by atoms with Gasteiger partial charge in [0.05, 0.1) is 11.7 Å². The molecule has 3 aromatic rings. The smallest absolute Gasteiger partial charge is 0.368 e. The fraction of sp³-hybridized carbons (Fsp3) is 0.353. The predicted molar refractivity (Wildman–Crippen MR) is 102 cm³/mol. The molecule has 2 aliphatic rings. The van der Waals surface area contributed by atoms with Crippen molar-refractivity contribution in [3.05, 3.63) is 47.0 Å². The first-order valence-corrected chi connectivity index (χ1v) is 10.2. The van der Waals surface area contributed by atoms with Gasteiger partial charge in [-0.2, -0.15) is 4.98 Å². The molecule has 1 saturated carbocycles. The van der Waals surface area contributed by atoms with E-state index in [1.165, 1.54) is 10.9 Å². The largest absolute Gasteiger partial charge is 0.426 e. The number of aliphatic hydroxyl groups is 1. The van der Waals surface area contributed by atoms with Gasteiger partial charge in [-0.15, -0.1) is 0 Å². The van der Waals surface area contributed by atoms with Crippen molar-refractivity contribution < 1.29 is 27.8 Å². The molecule has 158 valence electrons. The SMILES string of the molecule is Nc1nc2c(ncn2[C@@H]2O[C@@H]3C(O[PH](=O)Oc4ccccc4)[C@]3(CF)[C@H]2O)c(=O)[nH]1. The molecule has 13 heteroatoms. The topological polar surface area (TPSA) is 155 Å². The van der Waals surface area contributed by atoms with E-state index in [1.54, 1.807) is 30.3 Å². The molecule has 30 heavy (non-hydrogen) atoms. The minimum Gasteiger partial charge on any atom is -0.426 e. The molecular weight excluding hydrogens is 420 g/mol. The molecule has 0 amide bonds. The van der Waals surface area contributed by atoms with Crippen LogP contribution in [0.5, 0.6) is 5.75 Å². The summed E-state index contributed by atoms with van der Waals surface area (Å²) in [6, 6.07) is 8.40. The van der Waals surface area contributed by atoms with Crippen molar-refractivity contribution in [2.45, 2.75) is 24.5 Å². The number of hydrogen-bond acceptors (Lipinski definition) is 9. The van der Waals surface area contributed by atoms with Gasteiger partial charge in [-0.25, -0.2) is 9.55 Å². The minimum atomic E-state index is -3.01. The van der Waals surface area contributed by atoms with Crippen LogP contribution in [0.4, 0.5) is 10.3 Å².